The van der Waals surface area contributed by atoms with Crippen LogP contribution in [0.3, 0.4) is 0 Å². The van der Waals surface area contributed by atoms with Crippen molar-refractivity contribution in [3.63, 3.8) is 0 Å². The van der Waals surface area contributed by atoms with Crippen molar-refractivity contribution in [2.45, 2.75) is 23.4 Å². The Labute approximate surface area is 132 Å². The lowest BCUT2D eigenvalue weighted by molar-refractivity contribution is -0.127. The molecule has 2 aliphatic heterocycles. The van der Waals surface area contributed by atoms with Crippen LogP contribution in [0.4, 0.5) is 0 Å². The largest absolute Gasteiger partial charge is 0.353 e. The number of carbonyl (C=O) groups excluding carboxylic acids is 2. The highest BCUT2D eigenvalue weighted by molar-refractivity contribution is 7.99. The van der Waals surface area contributed by atoms with E-state index >= 15 is 0 Å². The molecule has 2 atom stereocenters. The van der Waals surface area contributed by atoms with E-state index in [4.69, 9.17) is 11.6 Å². The van der Waals surface area contributed by atoms with Crippen LogP contribution in [0.25, 0.3) is 0 Å². The van der Waals surface area contributed by atoms with Gasteiger partial charge in [0, 0.05) is 22.2 Å². The smallest absolute Gasteiger partial charge is 0.239 e. The summed E-state index contributed by atoms with van der Waals surface area (Å²) in [7, 11) is 0. The number of benzene rings is 1. The first kappa shape index (κ1) is 14.7. The van der Waals surface area contributed by atoms with E-state index in [-0.39, 0.29) is 30.4 Å². The molecule has 2 amide bonds. The number of carbonyl (C=O) groups is 2. The van der Waals surface area contributed by atoms with Gasteiger partial charge >= 0.3 is 0 Å². The maximum atomic E-state index is 12.3. The highest BCUT2D eigenvalue weighted by Gasteiger charge is 2.28. The number of rotatable bonds is 2. The van der Waals surface area contributed by atoms with Crippen molar-refractivity contribution in [3.05, 3.63) is 28.8 Å². The second kappa shape index (κ2) is 6.25. The van der Waals surface area contributed by atoms with Crippen molar-refractivity contribution >= 4 is 35.2 Å². The Hall–Kier alpha value is -1.24. The standard InChI is InChI=1S/C14H16ClN3O2S/c15-8-1-2-12-9(5-8)10(3-4-21-12)18-14(20)11-6-17-13(19)7-16-11/h1-2,5,10-11,16H,3-4,6-7H2,(H,17,19)(H,18,20). The molecule has 0 spiro atoms. The molecule has 2 unspecified atom stereocenters. The summed E-state index contributed by atoms with van der Waals surface area (Å²) < 4.78 is 0. The summed E-state index contributed by atoms with van der Waals surface area (Å²) in [5.41, 5.74) is 1.08. The fraction of sp³-hybridized carbons (Fsp3) is 0.429. The molecular weight excluding hydrogens is 310 g/mol. The number of thioether (sulfide) groups is 1. The van der Waals surface area contributed by atoms with Crippen molar-refractivity contribution in [1.82, 2.24) is 16.0 Å². The maximum absolute atomic E-state index is 12.3. The van der Waals surface area contributed by atoms with Crippen LogP contribution >= 0.6 is 23.4 Å². The molecule has 3 rings (SSSR count). The SMILES string of the molecule is O=C1CNC(C(=O)NC2CCSc3ccc(Cl)cc32)CN1. The predicted octanol–water partition coefficient (Wildman–Crippen LogP) is 1.08. The molecule has 5 nitrogen and oxygen atoms in total. The molecule has 21 heavy (non-hydrogen) atoms. The van der Waals surface area contributed by atoms with Gasteiger partial charge in [-0.1, -0.05) is 11.6 Å². The van der Waals surface area contributed by atoms with Crippen molar-refractivity contribution in [2.75, 3.05) is 18.8 Å². The monoisotopic (exact) mass is 325 g/mol. The molecule has 2 heterocycles. The molecule has 0 saturated carbocycles. The molecule has 7 heteroatoms. The van der Waals surface area contributed by atoms with Crippen molar-refractivity contribution in [3.8, 4) is 0 Å². The molecule has 1 aromatic rings. The van der Waals surface area contributed by atoms with Crippen LogP contribution in [0.2, 0.25) is 5.02 Å². The first-order chi connectivity index (χ1) is 10.1. The molecule has 2 aliphatic rings. The fourth-order valence-electron chi connectivity index (χ4n) is 2.54. The molecule has 1 aromatic carbocycles. The molecular formula is C14H16ClN3O2S. The number of piperazine rings is 1. The third kappa shape index (κ3) is 3.33. The van der Waals surface area contributed by atoms with Crippen LogP contribution in [-0.2, 0) is 9.59 Å². The van der Waals surface area contributed by atoms with E-state index in [0.717, 1.165) is 17.7 Å². The fourth-order valence-corrected chi connectivity index (χ4v) is 3.83. The van der Waals surface area contributed by atoms with Gasteiger partial charge in [-0.15, -0.1) is 11.8 Å². The van der Waals surface area contributed by atoms with Crippen molar-refractivity contribution in [1.29, 1.82) is 0 Å². The highest BCUT2D eigenvalue weighted by atomic mass is 35.5. The third-order valence-corrected chi connectivity index (χ3v) is 5.01. The first-order valence-electron chi connectivity index (χ1n) is 6.86. The summed E-state index contributed by atoms with van der Waals surface area (Å²) >= 11 is 7.84. The van der Waals surface area contributed by atoms with E-state index in [1.807, 2.05) is 18.2 Å². The van der Waals surface area contributed by atoms with Crippen LogP contribution in [0, 0.1) is 0 Å². The zero-order chi connectivity index (χ0) is 14.8. The maximum Gasteiger partial charge on any atom is 0.239 e. The van der Waals surface area contributed by atoms with E-state index in [9.17, 15) is 9.59 Å². The molecule has 1 fully saturated rings. The Morgan fingerprint density at radius 1 is 1.43 bits per heavy atom. The predicted molar refractivity (Wildman–Crippen MR) is 82.5 cm³/mol. The Balaban J connectivity index is 1.70. The summed E-state index contributed by atoms with van der Waals surface area (Å²) in [5.74, 6) is 0.803. The minimum absolute atomic E-state index is 0.0214. The van der Waals surface area contributed by atoms with Gasteiger partial charge < -0.3 is 10.6 Å². The summed E-state index contributed by atoms with van der Waals surface area (Å²) in [6.45, 7) is 0.509. The van der Waals surface area contributed by atoms with E-state index in [2.05, 4.69) is 16.0 Å². The van der Waals surface area contributed by atoms with Crippen molar-refractivity contribution < 1.29 is 9.59 Å². The zero-order valence-corrected chi connectivity index (χ0v) is 12.9. The molecule has 112 valence electrons. The highest BCUT2D eigenvalue weighted by Crippen LogP contribution is 2.37. The zero-order valence-electron chi connectivity index (χ0n) is 11.3. The average molecular weight is 326 g/mol. The Kier molecular flexibility index (Phi) is 4.37. The first-order valence-corrected chi connectivity index (χ1v) is 8.22. The number of hydrogen-bond acceptors (Lipinski definition) is 4. The van der Waals surface area contributed by atoms with Crippen LogP contribution in [0.15, 0.2) is 23.1 Å². The second-order valence-electron chi connectivity index (χ2n) is 5.12. The van der Waals surface area contributed by atoms with Gasteiger partial charge in [-0.05, 0) is 30.2 Å². The van der Waals surface area contributed by atoms with Crippen molar-refractivity contribution in [2.24, 2.45) is 0 Å². The minimum Gasteiger partial charge on any atom is -0.353 e. The number of halogens is 1. The molecule has 0 aliphatic carbocycles. The molecule has 3 N–H and O–H groups in total. The van der Waals surface area contributed by atoms with Crippen LogP contribution in [0.1, 0.15) is 18.0 Å². The second-order valence-corrected chi connectivity index (χ2v) is 6.69. The summed E-state index contributed by atoms with van der Waals surface area (Å²) in [6.07, 6.45) is 0.878. The van der Waals surface area contributed by atoms with Crippen LogP contribution in [-0.4, -0.2) is 36.7 Å². The van der Waals surface area contributed by atoms with Crippen LogP contribution in [0.5, 0.6) is 0 Å². The van der Waals surface area contributed by atoms with Gasteiger partial charge in [-0.25, -0.2) is 0 Å². The molecule has 0 aromatic heterocycles. The van der Waals surface area contributed by atoms with Gasteiger partial charge in [0.15, 0.2) is 0 Å². The summed E-state index contributed by atoms with van der Waals surface area (Å²) in [6, 6.07) is 5.39. The van der Waals surface area contributed by atoms with Gasteiger partial charge in [0.2, 0.25) is 11.8 Å². The molecule has 0 radical (unpaired) electrons. The van der Waals surface area contributed by atoms with E-state index in [1.165, 1.54) is 4.90 Å². The number of fused-ring (bicyclic) bond motifs is 1. The minimum atomic E-state index is -0.375. The topological polar surface area (TPSA) is 70.2 Å². The van der Waals surface area contributed by atoms with Gasteiger partial charge in [-0.2, -0.15) is 0 Å². The molecule has 1 saturated heterocycles. The normalized spacial score (nSPS) is 24.9. The number of hydrogen-bond donors (Lipinski definition) is 3. The van der Waals surface area contributed by atoms with Gasteiger partial charge in [-0.3, -0.25) is 14.9 Å². The summed E-state index contributed by atoms with van der Waals surface area (Å²) in [5, 5.41) is 9.37. The van der Waals surface area contributed by atoms with E-state index < -0.39 is 0 Å². The lowest BCUT2D eigenvalue weighted by atomic mass is 10.0. The van der Waals surface area contributed by atoms with Gasteiger partial charge in [0.1, 0.15) is 6.04 Å². The molecule has 0 bridgehead atoms. The lowest BCUT2D eigenvalue weighted by Crippen LogP contribution is -2.58. The number of amides is 2. The summed E-state index contributed by atoms with van der Waals surface area (Å²) in [4.78, 5) is 24.6. The van der Waals surface area contributed by atoms with E-state index in [1.54, 1.807) is 11.8 Å². The van der Waals surface area contributed by atoms with E-state index in [0.29, 0.717) is 11.6 Å². The van der Waals surface area contributed by atoms with Crippen LogP contribution < -0.4 is 16.0 Å². The average Bonchev–Trinajstić information content (AvgIpc) is 2.48. The Bertz CT molecular complexity index is 571. The van der Waals surface area contributed by atoms with Gasteiger partial charge in [0.05, 0.1) is 12.6 Å². The Morgan fingerprint density at radius 3 is 3.05 bits per heavy atom. The van der Waals surface area contributed by atoms with Gasteiger partial charge in [0.25, 0.3) is 0 Å². The number of nitrogens with one attached hydrogen (secondary N) is 3. The third-order valence-electron chi connectivity index (χ3n) is 3.66. The Morgan fingerprint density at radius 2 is 2.29 bits per heavy atom. The quantitative estimate of drug-likeness (QED) is 0.761. The lowest BCUT2D eigenvalue weighted by Gasteiger charge is -2.29.